The van der Waals surface area contributed by atoms with Crippen LogP contribution in [-0.2, 0) is 21.7 Å². The highest BCUT2D eigenvalue weighted by molar-refractivity contribution is 7.90. The summed E-state index contributed by atoms with van der Waals surface area (Å²) in [6.45, 7) is 2.27. The number of carbonyl (C=O) groups excluding carboxylic acids is 1. The van der Waals surface area contributed by atoms with Crippen molar-refractivity contribution in [1.29, 1.82) is 0 Å². The smallest absolute Gasteiger partial charge is 0.254 e. The standard InChI is InChI=1S/C29H34N2O4S/c1-36(34,35)14-13-30-12-11-29-23-16-22(32)8-7-20(23)15-25(30)28(29)10-9-24-26(29)21(17-28)18-31(24)27(33)19-5-3-2-4-6-19/h2-8,16,21,24-26,32H,9-15,17-18H2,1H3/t21-,24?,25-,26?,28-,29+/m1/s1. The molecule has 0 aromatic heterocycles. The van der Waals surface area contributed by atoms with E-state index in [1.165, 1.54) is 17.4 Å². The highest BCUT2D eigenvalue weighted by atomic mass is 32.2. The van der Waals surface area contributed by atoms with Crippen molar-refractivity contribution in [3.8, 4) is 5.75 Å². The molecule has 2 aliphatic heterocycles. The Bertz CT molecular complexity index is 1340. The molecule has 2 heterocycles. The third-order valence-electron chi connectivity index (χ3n) is 10.6. The Morgan fingerprint density at radius 3 is 2.72 bits per heavy atom. The zero-order valence-corrected chi connectivity index (χ0v) is 21.6. The Labute approximate surface area is 213 Å². The molecule has 7 rings (SSSR count). The summed E-state index contributed by atoms with van der Waals surface area (Å²) in [6, 6.07) is 16.1. The number of phenolic OH excluding ortho intramolecular Hbond substituents is 1. The van der Waals surface area contributed by atoms with Crippen LogP contribution in [0.15, 0.2) is 48.5 Å². The molecule has 36 heavy (non-hydrogen) atoms. The van der Waals surface area contributed by atoms with Crippen molar-refractivity contribution < 1.29 is 18.3 Å². The maximum Gasteiger partial charge on any atom is 0.254 e. The minimum absolute atomic E-state index is 0.0646. The van der Waals surface area contributed by atoms with Gasteiger partial charge in [0.1, 0.15) is 15.6 Å². The van der Waals surface area contributed by atoms with Crippen LogP contribution in [-0.4, -0.2) is 73.0 Å². The van der Waals surface area contributed by atoms with Gasteiger partial charge in [-0.25, -0.2) is 8.42 Å². The molecule has 0 radical (unpaired) electrons. The van der Waals surface area contributed by atoms with Crippen LogP contribution in [0.25, 0.3) is 0 Å². The quantitative estimate of drug-likeness (QED) is 0.689. The lowest BCUT2D eigenvalue weighted by molar-refractivity contribution is -0.0989. The van der Waals surface area contributed by atoms with Crippen LogP contribution in [0.2, 0.25) is 0 Å². The molecule has 2 saturated heterocycles. The normalized spacial score (nSPS) is 36.4. The summed E-state index contributed by atoms with van der Waals surface area (Å²) in [7, 11) is -3.03. The molecular weight excluding hydrogens is 472 g/mol. The van der Waals surface area contributed by atoms with Gasteiger partial charge >= 0.3 is 0 Å². The third-order valence-corrected chi connectivity index (χ3v) is 11.5. The second-order valence-electron chi connectivity index (χ2n) is 12.0. The predicted octanol–water partition coefficient (Wildman–Crippen LogP) is 3.25. The van der Waals surface area contributed by atoms with E-state index in [-0.39, 0.29) is 28.5 Å². The molecule has 2 aromatic carbocycles. The molecule has 6 nitrogen and oxygen atoms in total. The highest BCUT2D eigenvalue weighted by Crippen LogP contribution is 2.75. The molecule has 4 fully saturated rings. The zero-order chi connectivity index (χ0) is 24.9. The molecule has 0 spiro atoms. The fourth-order valence-electron chi connectivity index (χ4n) is 9.62. The topological polar surface area (TPSA) is 77.9 Å². The number of benzene rings is 2. The summed E-state index contributed by atoms with van der Waals surface area (Å²) in [5.74, 6) is 1.50. The summed E-state index contributed by atoms with van der Waals surface area (Å²) in [5.41, 5.74) is 3.39. The van der Waals surface area contributed by atoms with Crippen molar-refractivity contribution in [2.45, 2.75) is 49.6 Å². The first kappa shape index (κ1) is 22.8. The first-order chi connectivity index (χ1) is 17.2. The van der Waals surface area contributed by atoms with Crippen LogP contribution in [0.3, 0.4) is 0 Å². The summed E-state index contributed by atoms with van der Waals surface area (Å²) in [5, 5.41) is 10.6. The van der Waals surface area contributed by atoms with Gasteiger partial charge in [-0.05, 0) is 91.3 Å². The lowest BCUT2D eigenvalue weighted by atomic mass is 9.43. The second-order valence-corrected chi connectivity index (χ2v) is 14.3. The van der Waals surface area contributed by atoms with Crippen molar-refractivity contribution in [3.63, 3.8) is 0 Å². The Kier molecular flexibility index (Phi) is 4.79. The van der Waals surface area contributed by atoms with Crippen molar-refractivity contribution in [1.82, 2.24) is 9.80 Å². The first-order valence-electron chi connectivity index (χ1n) is 13.3. The van der Waals surface area contributed by atoms with Crippen LogP contribution in [0.4, 0.5) is 0 Å². The summed E-state index contributed by atoms with van der Waals surface area (Å²) in [6.07, 6.45) is 6.36. The number of piperidine rings is 1. The molecule has 190 valence electrons. The molecule has 5 aliphatic rings. The minimum atomic E-state index is -3.03. The lowest BCUT2D eigenvalue weighted by Crippen LogP contribution is -2.70. The van der Waals surface area contributed by atoms with Crippen molar-refractivity contribution in [2.75, 3.05) is 31.6 Å². The molecule has 2 unspecified atom stereocenters. The summed E-state index contributed by atoms with van der Waals surface area (Å²) >= 11 is 0. The SMILES string of the molecule is CS(=O)(=O)CCN1CC[C@@]23c4cc(O)ccc4C[C@@H]1[C@]21CCC2C3[C@@H](CN2C(=O)c2ccccc2)C1. The van der Waals surface area contributed by atoms with Crippen molar-refractivity contribution in [2.24, 2.45) is 17.3 Å². The van der Waals surface area contributed by atoms with Gasteiger partial charge in [-0.15, -0.1) is 0 Å². The van der Waals surface area contributed by atoms with E-state index in [0.29, 0.717) is 30.2 Å². The van der Waals surface area contributed by atoms with Gasteiger partial charge in [0.15, 0.2) is 0 Å². The largest absolute Gasteiger partial charge is 0.508 e. The van der Waals surface area contributed by atoms with Crippen LogP contribution >= 0.6 is 0 Å². The van der Waals surface area contributed by atoms with Crippen LogP contribution in [0, 0.1) is 17.3 Å². The maximum atomic E-state index is 13.6. The van der Waals surface area contributed by atoms with Gasteiger partial charge in [0, 0.05) is 42.4 Å². The van der Waals surface area contributed by atoms with E-state index in [2.05, 4.69) is 15.9 Å². The number of aromatic hydroxyl groups is 1. The highest BCUT2D eigenvalue weighted by Gasteiger charge is 2.76. The summed E-state index contributed by atoms with van der Waals surface area (Å²) in [4.78, 5) is 18.3. The van der Waals surface area contributed by atoms with Gasteiger partial charge in [-0.2, -0.15) is 0 Å². The number of rotatable bonds is 4. The fourth-order valence-corrected chi connectivity index (χ4v) is 10.2. The van der Waals surface area contributed by atoms with E-state index in [0.717, 1.165) is 50.8 Å². The Hall–Kier alpha value is -2.38. The van der Waals surface area contributed by atoms with Gasteiger partial charge in [0.2, 0.25) is 0 Å². The monoisotopic (exact) mass is 506 g/mol. The number of sulfone groups is 1. The molecular formula is C29H34N2O4S. The fraction of sp³-hybridized carbons (Fsp3) is 0.552. The maximum absolute atomic E-state index is 13.6. The van der Waals surface area contributed by atoms with Crippen molar-refractivity contribution >= 4 is 15.7 Å². The Morgan fingerprint density at radius 1 is 1.14 bits per heavy atom. The number of hydrogen-bond donors (Lipinski definition) is 1. The van der Waals surface area contributed by atoms with E-state index in [4.69, 9.17) is 0 Å². The van der Waals surface area contributed by atoms with E-state index in [1.807, 2.05) is 36.4 Å². The molecule has 4 bridgehead atoms. The Morgan fingerprint density at radius 2 is 1.94 bits per heavy atom. The predicted molar refractivity (Wildman–Crippen MR) is 138 cm³/mol. The number of fused-ring (bicyclic) bond motifs is 1. The molecule has 3 aliphatic carbocycles. The number of nitrogens with zero attached hydrogens (tertiary/aromatic N) is 2. The zero-order valence-electron chi connectivity index (χ0n) is 20.8. The Balaban J connectivity index is 1.32. The molecule has 1 N–H and O–H groups in total. The van der Waals surface area contributed by atoms with Crippen LogP contribution in [0.5, 0.6) is 5.75 Å². The van der Waals surface area contributed by atoms with Crippen LogP contribution in [0.1, 0.15) is 47.2 Å². The molecule has 2 saturated carbocycles. The van der Waals surface area contributed by atoms with Gasteiger partial charge in [0.25, 0.3) is 5.91 Å². The van der Waals surface area contributed by atoms with Gasteiger partial charge in [-0.1, -0.05) is 24.3 Å². The van der Waals surface area contributed by atoms with E-state index < -0.39 is 9.84 Å². The van der Waals surface area contributed by atoms with Gasteiger partial charge in [0.05, 0.1) is 5.75 Å². The average molecular weight is 507 g/mol. The molecule has 1 amide bonds. The van der Waals surface area contributed by atoms with Crippen LogP contribution < -0.4 is 0 Å². The third kappa shape index (κ3) is 2.93. The van der Waals surface area contributed by atoms with Gasteiger partial charge < -0.3 is 10.0 Å². The number of hydrogen-bond acceptors (Lipinski definition) is 5. The number of carbonyl (C=O) groups is 1. The van der Waals surface area contributed by atoms with E-state index in [9.17, 15) is 18.3 Å². The second kappa shape index (κ2) is 7.57. The average Bonchev–Trinajstić information content (AvgIpc) is 3.30. The molecule has 2 aromatic rings. The van der Waals surface area contributed by atoms with E-state index >= 15 is 0 Å². The number of likely N-dealkylation sites (tertiary alicyclic amines) is 2. The number of amides is 1. The van der Waals surface area contributed by atoms with Crippen molar-refractivity contribution in [3.05, 3.63) is 65.2 Å². The first-order valence-corrected chi connectivity index (χ1v) is 15.4. The summed E-state index contributed by atoms with van der Waals surface area (Å²) < 4.78 is 24.1. The molecule has 7 heteroatoms. The number of phenols is 1. The molecule has 6 atom stereocenters. The minimum Gasteiger partial charge on any atom is -0.508 e. The van der Waals surface area contributed by atoms with Gasteiger partial charge in [-0.3, -0.25) is 9.69 Å². The van der Waals surface area contributed by atoms with E-state index in [1.54, 1.807) is 6.07 Å². The lowest BCUT2D eigenvalue weighted by Gasteiger charge is -2.66.